The number of carbonyl (C=O) groups excluding carboxylic acids is 1. The molecule has 0 aliphatic rings. The maximum absolute atomic E-state index is 13.2. The van der Waals surface area contributed by atoms with Crippen molar-refractivity contribution in [2.45, 2.75) is 6.54 Å². The summed E-state index contributed by atoms with van der Waals surface area (Å²) in [4.78, 5) is 23.4. The van der Waals surface area contributed by atoms with Crippen molar-refractivity contribution in [2.24, 2.45) is 7.05 Å². The van der Waals surface area contributed by atoms with Crippen molar-refractivity contribution in [3.8, 4) is 0 Å². The minimum Gasteiger partial charge on any atom is -0.478 e. The summed E-state index contributed by atoms with van der Waals surface area (Å²) in [5.74, 6) is -2.22. The average Bonchev–Trinajstić information content (AvgIpc) is 3.14. The minimum atomic E-state index is -1.24. The summed E-state index contributed by atoms with van der Waals surface area (Å²) in [5, 5.41) is 19.6. The number of hydrogen-bond donors (Lipinski definition) is 2. The highest BCUT2D eigenvalue weighted by Gasteiger charge is 2.21. The summed E-state index contributed by atoms with van der Waals surface area (Å²) < 4.78 is 16.0. The molecule has 128 valence electrons. The van der Waals surface area contributed by atoms with Crippen LogP contribution in [-0.2, 0) is 13.6 Å². The molecule has 3 aromatic rings. The van der Waals surface area contributed by atoms with Crippen LogP contribution in [-0.4, -0.2) is 36.5 Å². The van der Waals surface area contributed by atoms with Gasteiger partial charge in [-0.2, -0.15) is 10.2 Å². The summed E-state index contributed by atoms with van der Waals surface area (Å²) in [7, 11) is 1.53. The van der Waals surface area contributed by atoms with Crippen LogP contribution in [0.15, 0.2) is 42.9 Å². The van der Waals surface area contributed by atoms with E-state index in [0.29, 0.717) is 12.2 Å². The number of aryl methyl sites for hydroxylation is 1. The number of aromatic nitrogens is 4. The zero-order chi connectivity index (χ0) is 18.0. The van der Waals surface area contributed by atoms with Gasteiger partial charge >= 0.3 is 5.97 Å². The second kappa shape index (κ2) is 6.56. The first-order chi connectivity index (χ1) is 11.9. The Morgan fingerprint density at radius 1 is 1.32 bits per heavy atom. The van der Waals surface area contributed by atoms with Crippen LogP contribution in [0.4, 0.5) is 10.1 Å². The first-order valence-corrected chi connectivity index (χ1v) is 7.27. The van der Waals surface area contributed by atoms with Crippen LogP contribution < -0.4 is 5.32 Å². The number of aromatic carboxylic acids is 1. The van der Waals surface area contributed by atoms with Gasteiger partial charge in [-0.25, -0.2) is 9.18 Å². The van der Waals surface area contributed by atoms with E-state index in [0.717, 1.165) is 5.56 Å². The third-order valence-electron chi connectivity index (χ3n) is 3.40. The van der Waals surface area contributed by atoms with Crippen LogP contribution in [0.2, 0.25) is 0 Å². The van der Waals surface area contributed by atoms with Crippen LogP contribution in [0.1, 0.15) is 26.4 Å². The number of nitrogens with one attached hydrogen (secondary N) is 1. The quantitative estimate of drug-likeness (QED) is 0.735. The molecule has 25 heavy (non-hydrogen) atoms. The van der Waals surface area contributed by atoms with E-state index in [1.165, 1.54) is 40.9 Å². The predicted octanol–water partition coefficient (Wildman–Crippen LogP) is 1.75. The fourth-order valence-electron chi connectivity index (χ4n) is 2.34. The normalized spacial score (nSPS) is 10.6. The van der Waals surface area contributed by atoms with E-state index in [1.54, 1.807) is 18.3 Å². The molecule has 8 nitrogen and oxygen atoms in total. The van der Waals surface area contributed by atoms with Crippen molar-refractivity contribution in [1.29, 1.82) is 0 Å². The first kappa shape index (κ1) is 16.4. The molecule has 3 rings (SSSR count). The van der Waals surface area contributed by atoms with Gasteiger partial charge in [-0.1, -0.05) is 12.1 Å². The molecule has 1 amide bonds. The zero-order valence-electron chi connectivity index (χ0n) is 13.2. The van der Waals surface area contributed by atoms with Crippen LogP contribution in [0.5, 0.6) is 0 Å². The van der Waals surface area contributed by atoms with Crippen LogP contribution >= 0.6 is 0 Å². The van der Waals surface area contributed by atoms with Crippen LogP contribution in [0.25, 0.3) is 0 Å². The molecule has 0 saturated heterocycles. The summed E-state index contributed by atoms with van der Waals surface area (Å²) >= 11 is 0. The molecule has 2 N–H and O–H groups in total. The fraction of sp³-hybridized carbons (Fsp3) is 0.125. The molecule has 0 spiro atoms. The second-order valence-electron chi connectivity index (χ2n) is 5.38. The van der Waals surface area contributed by atoms with Crippen molar-refractivity contribution in [1.82, 2.24) is 19.6 Å². The van der Waals surface area contributed by atoms with Gasteiger partial charge in [0, 0.05) is 19.4 Å². The zero-order valence-corrected chi connectivity index (χ0v) is 13.2. The van der Waals surface area contributed by atoms with Gasteiger partial charge in [0.25, 0.3) is 5.91 Å². The number of carbonyl (C=O) groups is 2. The highest BCUT2D eigenvalue weighted by molar-refractivity contribution is 6.09. The van der Waals surface area contributed by atoms with E-state index < -0.39 is 11.9 Å². The number of halogens is 1. The molecular formula is C16H14FN5O3. The number of nitrogens with zero attached hydrogens (tertiary/aromatic N) is 4. The van der Waals surface area contributed by atoms with Crippen molar-refractivity contribution in [3.05, 3.63) is 65.5 Å². The number of anilines is 1. The molecule has 0 fully saturated rings. The predicted molar refractivity (Wildman–Crippen MR) is 85.8 cm³/mol. The number of rotatable bonds is 5. The molecule has 0 radical (unpaired) electrons. The number of carboxylic acids is 1. The summed E-state index contributed by atoms with van der Waals surface area (Å²) in [5.41, 5.74) is 0.724. The van der Waals surface area contributed by atoms with Gasteiger partial charge in [-0.15, -0.1) is 0 Å². The molecule has 9 heteroatoms. The van der Waals surface area contributed by atoms with E-state index in [-0.39, 0.29) is 17.1 Å². The van der Waals surface area contributed by atoms with Gasteiger partial charge in [0.05, 0.1) is 18.4 Å². The maximum Gasteiger partial charge on any atom is 0.339 e. The van der Waals surface area contributed by atoms with Gasteiger partial charge in [0.1, 0.15) is 11.4 Å². The topological polar surface area (TPSA) is 102 Å². The highest BCUT2D eigenvalue weighted by atomic mass is 19.1. The Hall–Kier alpha value is -3.49. The standard InChI is InChI=1S/C16H14FN5O3/c1-21-9-13(16(24)25)14(20-21)15(23)19-12-6-18-22(8-12)7-10-3-2-4-11(17)5-10/h2-6,8-9H,7H2,1H3,(H,19,23)(H,24,25). The Kier molecular flexibility index (Phi) is 4.29. The van der Waals surface area contributed by atoms with Crippen molar-refractivity contribution in [3.63, 3.8) is 0 Å². The molecule has 2 heterocycles. The summed E-state index contributed by atoms with van der Waals surface area (Å²) in [6.07, 6.45) is 4.23. The number of hydrogen-bond acceptors (Lipinski definition) is 4. The molecule has 0 aliphatic carbocycles. The van der Waals surface area contributed by atoms with Crippen LogP contribution in [0, 0.1) is 5.82 Å². The molecule has 0 bridgehead atoms. The first-order valence-electron chi connectivity index (χ1n) is 7.27. The Bertz CT molecular complexity index is 947. The maximum atomic E-state index is 13.2. The SMILES string of the molecule is Cn1cc(C(=O)O)c(C(=O)Nc2cnn(Cc3cccc(F)c3)c2)n1. The van der Waals surface area contributed by atoms with E-state index in [4.69, 9.17) is 5.11 Å². The smallest absolute Gasteiger partial charge is 0.339 e. The number of benzene rings is 1. The third-order valence-corrected chi connectivity index (χ3v) is 3.40. The van der Waals surface area contributed by atoms with Crippen molar-refractivity contribution in [2.75, 3.05) is 5.32 Å². The number of amides is 1. The highest BCUT2D eigenvalue weighted by Crippen LogP contribution is 2.13. The van der Waals surface area contributed by atoms with E-state index in [9.17, 15) is 14.0 Å². The Morgan fingerprint density at radius 2 is 2.12 bits per heavy atom. The second-order valence-corrected chi connectivity index (χ2v) is 5.38. The van der Waals surface area contributed by atoms with Gasteiger partial charge in [0.2, 0.25) is 0 Å². The lowest BCUT2D eigenvalue weighted by Crippen LogP contribution is -2.16. The van der Waals surface area contributed by atoms with Gasteiger partial charge in [-0.3, -0.25) is 14.2 Å². The molecule has 0 aliphatic heterocycles. The fourth-order valence-corrected chi connectivity index (χ4v) is 2.34. The summed E-state index contributed by atoms with van der Waals surface area (Å²) in [6.45, 7) is 0.331. The van der Waals surface area contributed by atoms with Crippen LogP contribution in [0.3, 0.4) is 0 Å². The average molecular weight is 343 g/mol. The Balaban J connectivity index is 1.73. The summed E-state index contributed by atoms with van der Waals surface area (Å²) in [6, 6.07) is 6.11. The van der Waals surface area contributed by atoms with Crippen molar-refractivity contribution >= 4 is 17.6 Å². The van der Waals surface area contributed by atoms with Gasteiger partial charge < -0.3 is 10.4 Å². The molecule has 1 aromatic carbocycles. The largest absolute Gasteiger partial charge is 0.478 e. The van der Waals surface area contributed by atoms with Crippen molar-refractivity contribution < 1.29 is 19.1 Å². The van der Waals surface area contributed by atoms with Gasteiger partial charge in [0.15, 0.2) is 5.69 Å². The number of carboxylic acid groups (broad SMARTS) is 1. The lowest BCUT2D eigenvalue weighted by Gasteiger charge is -2.02. The minimum absolute atomic E-state index is 0.187. The Labute approximate surface area is 141 Å². The molecule has 0 saturated carbocycles. The van der Waals surface area contributed by atoms with E-state index in [1.807, 2.05) is 0 Å². The molecular weight excluding hydrogens is 329 g/mol. The van der Waals surface area contributed by atoms with Gasteiger partial charge in [-0.05, 0) is 17.7 Å². The monoisotopic (exact) mass is 343 g/mol. The molecule has 0 unspecified atom stereocenters. The lowest BCUT2D eigenvalue weighted by molar-refractivity contribution is 0.0692. The van der Waals surface area contributed by atoms with E-state index in [2.05, 4.69) is 15.5 Å². The Morgan fingerprint density at radius 3 is 2.84 bits per heavy atom. The molecule has 2 aromatic heterocycles. The third kappa shape index (κ3) is 3.71. The molecule has 0 atom stereocenters. The lowest BCUT2D eigenvalue weighted by atomic mass is 10.2. The van der Waals surface area contributed by atoms with E-state index >= 15 is 0 Å².